The Kier molecular flexibility index (Phi) is 4.96. The van der Waals surface area contributed by atoms with Crippen LogP contribution in [0.25, 0.3) is 0 Å². The summed E-state index contributed by atoms with van der Waals surface area (Å²) >= 11 is 3.61. The topological polar surface area (TPSA) is 38.0 Å². The number of aromatic nitrogens is 2. The van der Waals surface area contributed by atoms with Crippen LogP contribution in [0.4, 0.5) is 0 Å². The summed E-state index contributed by atoms with van der Waals surface area (Å²) in [6.45, 7) is 9.70. The van der Waals surface area contributed by atoms with Gasteiger partial charge in [0.05, 0.1) is 16.4 Å². The molecule has 1 N–H and O–H groups in total. The van der Waals surface area contributed by atoms with Crippen LogP contribution >= 0.6 is 15.9 Å². The monoisotopic (exact) mass is 342 g/mol. The van der Waals surface area contributed by atoms with Gasteiger partial charge >= 0.3 is 0 Å². The lowest BCUT2D eigenvalue weighted by Crippen LogP contribution is -2.44. The zero-order valence-electron chi connectivity index (χ0n) is 13.1. The van der Waals surface area contributed by atoms with E-state index in [4.69, 9.17) is 0 Å². The van der Waals surface area contributed by atoms with Crippen molar-refractivity contribution in [2.45, 2.75) is 65.5 Å². The summed E-state index contributed by atoms with van der Waals surface area (Å²) in [6.07, 6.45) is 6.01. The molecule has 0 saturated heterocycles. The molecule has 2 rings (SSSR count). The molecule has 20 heavy (non-hydrogen) atoms. The molecule has 1 aliphatic rings. The molecule has 0 aromatic carbocycles. The molecule has 1 saturated carbocycles. The van der Waals surface area contributed by atoms with Crippen LogP contribution in [0, 0.1) is 17.8 Å². The number of halogens is 1. The molecule has 1 aromatic heterocycles. The van der Waals surface area contributed by atoms with E-state index in [9.17, 15) is 5.11 Å². The predicted molar refractivity (Wildman–Crippen MR) is 85.5 cm³/mol. The Labute approximate surface area is 130 Å². The molecule has 3 nitrogen and oxygen atoms in total. The second-order valence-corrected chi connectivity index (χ2v) is 7.58. The molecule has 3 atom stereocenters. The van der Waals surface area contributed by atoms with Crippen LogP contribution < -0.4 is 0 Å². The fraction of sp³-hybridized carbons (Fsp3) is 0.812. The van der Waals surface area contributed by atoms with Crippen molar-refractivity contribution in [2.75, 3.05) is 0 Å². The lowest BCUT2D eigenvalue weighted by atomic mass is 9.65. The van der Waals surface area contributed by atoms with Gasteiger partial charge in [-0.2, -0.15) is 5.10 Å². The SMILES string of the molecule is CCCn1ncc(Br)c1C1(O)CC(C)CCC1C(C)C. The molecular weight excluding hydrogens is 316 g/mol. The Morgan fingerprint density at radius 1 is 1.50 bits per heavy atom. The Morgan fingerprint density at radius 3 is 2.80 bits per heavy atom. The fourth-order valence-corrected chi connectivity index (χ4v) is 4.46. The summed E-state index contributed by atoms with van der Waals surface area (Å²) in [6, 6.07) is 0. The minimum absolute atomic E-state index is 0.308. The Balaban J connectivity index is 2.46. The highest BCUT2D eigenvalue weighted by atomic mass is 79.9. The third-order valence-corrected chi connectivity index (χ3v) is 5.27. The number of nitrogens with zero attached hydrogens (tertiary/aromatic N) is 2. The molecule has 0 spiro atoms. The number of aliphatic hydroxyl groups is 1. The van der Waals surface area contributed by atoms with Crippen molar-refractivity contribution in [2.24, 2.45) is 17.8 Å². The highest BCUT2D eigenvalue weighted by Gasteiger charge is 2.47. The van der Waals surface area contributed by atoms with Crippen molar-refractivity contribution < 1.29 is 5.11 Å². The molecular formula is C16H27BrN2O. The van der Waals surface area contributed by atoms with Gasteiger partial charge in [0.15, 0.2) is 0 Å². The van der Waals surface area contributed by atoms with E-state index < -0.39 is 5.60 Å². The molecule has 1 aromatic rings. The van der Waals surface area contributed by atoms with Crippen LogP contribution in [0.2, 0.25) is 0 Å². The van der Waals surface area contributed by atoms with Crippen LogP contribution in [-0.4, -0.2) is 14.9 Å². The summed E-state index contributed by atoms with van der Waals surface area (Å²) in [5, 5.41) is 16.0. The summed E-state index contributed by atoms with van der Waals surface area (Å²) in [7, 11) is 0. The first kappa shape index (κ1) is 16.0. The summed E-state index contributed by atoms with van der Waals surface area (Å²) in [5.41, 5.74) is 0.237. The van der Waals surface area contributed by atoms with Crippen LogP contribution in [0.5, 0.6) is 0 Å². The van der Waals surface area contributed by atoms with E-state index in [0.717, 1.165) is 36.0 Å². The van der Waals surface area contributed by atoms with E-state index in [1.54, 1.807) is 0 Å². The predicted octanol–water partition coefficient (Wildman–Crippen LogP) is 4.34. The molecule has 0 aliphatic heterocycles. The van der Waals surface area contributed by atoms with Gasteiger partial charge in [0, 0.05) is 6.54 Å². The molecule has 1 fully saturated rings. The van der Waals surface area contributed by atoms with E-state index in [0.29, 0.717) is 17.8 Å². The van der Waals surface area contributed by atoms with Crippen molar-refractivity contribution >= 4 is 15.9 Å². The average Bonchev–Trinajstić information content (AvgIpc) is 2.71. The quantitative estimate of drug-likeness (QED) is 0.883. The van der Waals surface area contributed by atoms with E-state index in [-0.39, 0.29) is 0 Å². The molecule has 0 bridgehead atoms. The molecule has 0 amide bonds. The van der Waals surface area contributed by atoms with Crippen LogP contribution in [0.3, 0.4) is 0 Å². The average molecular weight is 343 g/mol. The zero-order chi connectivity index (χ0) is 14.9. The zero-order valence-corrected chi connectivity index (χ0v) is 14.7. The van der Waals surface area contributed by atoms with Gasteiger partial charge in [-0.3, -0.25) is 4.68 Å². The normalized spacial score (nSPS) is 30.9. The van der Waals surface area contributed by atoms with Crippen molar-refractivity contribution in [3.8, 4) is 0 Å². The lowest BCUT2D eigenvalue weighted by Gasteiger charge is -2.45. The number of hydrogen-bond donors (Lipinski definition) is 1. The number of hydrogen-bond acceptors (Lipinski definition) is 2. The Morgan fingerprint density at radius 2 is 2.20 bits per heavy atom. The summed E-state index contributed by atoms with van der Waals surface area (Å²) < 4.78 is 2.95. The number of rotatable bonds is 4. The highest BCUT2D eigenvalue weighted by molar-refractivity contribution is 9.10. The van der Waals surface area contributed by atoms with E-state index in [1.807, 2.05) is 10.9 Å². The van der Waals surface area contributed by atoms with Gasteiger partial charge in [0.25, 0.3) is 0 Å². The molecule has 1 heterocycles. The fourth-order valence-electron chi connectivity index (χ4n) is 3.82. The maximum atomic E-state index is 11.5. The van der Waals surface area contributed by atoms with Crippen molar-refractivity contribution in [1.82, 2.24) is 9.78 Å². The van der Waals surface area contributed by atoms with Crippen LogP contribution in [0.1, 0.15) is 59.1 Å². The largest absolute Gasteiger partial charge is 0.383 e. The van der Waals surface area contributed by atoms with Crippen molar-refractivity contribution in [1.29, 1.82) is 0 Å². The van der Waals surface area contributed by atoms with Gasteiger partial charge in [0.1, 0.15) is 5.60 Å². The minimum Gasteiger partial charge on any atom is -0.383 e. The third-order valence-electron chi connectivity index (χ3n) is 4.69. The van der Waals surface area contributed by atoms with Crippen LogP contribution in [-0.2, 0) is 12.1 Å². The summed E-state index contributed by atoms with van der Waals surface area (Å²) in [5.74, 6) is 1.35. The van der Waals surface area contributed by atoms with Crippen LogP contribution in [0.15, 0.2) is 10.7 Å². The maximum Gasteiger partial charge on any atom is 0.111 e. The molecule has 3 unspecified atom stereocenters. The van der Waals surface area contributed by atoms with Gasteiger partial charge in [-0.05, 0) is 52.9 Å². The van der Waals surface area contributed by atoms with E-state index in [2.05, 4.69) is 48.7 Å². The van der Waals surface area contributed by atoms with E-state index in [1.165, 1.54) is 6.42 Å². The summed E-state index contributed by atoms with van der Waals surface area (Å²) in [4.78, 5) is 0. The third kappa shape index (κ3) is 2.82. The standard InChI is InChI=1S/C16H27BrN2O/c1-5-8-19-15(14(17)10-18-19)16(20)9-12(4)6-7-13(16)11(2)3/h10-13,20H,5-9H2,1-4H3. The van der Waals surface area contributed by atoms with Gasteiger partial charge in [-0.1, -0.05) is 34.1 Å². The van der Waals surface area contributed by atoms with Crippen molar-refractivity contribution in [3.63, 3.8) is 0 Å². The molecule has 114 valence electrons. The smallest absolute Gasteiger partial charge is 0.111 e. The number of aryl methyl sites for hydroxylation is 1. The van der Waals surface area contributed by atoms with Gasteiger partial charge < -0.3 is 5.11 Å². The lowest BCUT2D eigenvalue weighted by molar-refractivity contribution is -0.0931. The van der Waals surface area contributed by atoms with Crippen molar-refractivity contribution in [3.05, 3.63) is 16.4 Å². The Hall–Kier alpha value is -0.350. The van der Waals surface area contributed by atoms with Gasteiger partial charge in [0.2, 0.25) is 0 Å². The van der Waals surface area contributed by atoms with Gasteiger partial charge in [-0.15, -0.1) is 0 Å². The first-order valence-corrected chi connectivity index (χ1v) is 8.63. The minimum atomic E-state index is -0.754. The maximum absolute atomic E-state index is 11.5. The molecule has 4 heteroatoms. The second-order valence-electron chi connectivity index (χ2n) is 6.73. The van der Waals surface area contributed by atoms with Gasteiger partial charge in [-0.25, -0.2) is 0 Å². The second kappa shape index (κ2) is 6.18. The molecule has 0 radical (unpaired) electrons. The Bertz CT molecular complexity index is 457. The first-order valence-electron chi connectivity index (χ1n) is 7.84. The molecule has 1 aliphatic carbocycles. The highest BCUT2D eigenvalue weighted by Crippen LogP contribution is 2.48. The van der Waals surface area contributed by atoms with E-state index >= 15 is 0 Å². The first-order chi connectivity index (χ1) is 9.40.